The average Bonchev–Trinajstić information content (AvgIpc) is 1.51. The van der Waals surface area contributed by atoms with Crippen LogP contribution in [0.15, 0.2) is 216 Å². The smallest absolute Gasteiger partial charge is 0.358 e. The van der Waals surface area contributed by atoms with E-state index in [0.29, 0.717) is 52.6 Å². The van der Waals surface area contributed by atoms with Gasteiger partial charge in [0.05, 0.1) is 16.7 Å². The molecule has 462 valence electrons. The number of aliphatic carboxylic acids is 2. The maximum absolute atomic E-state index is 12.0. The van der Waals surface area contributed by atoms with Crippen LogP contribution in [-0.4, -0.2) is 60.7 Å². The highest BCUT2D eigenvalue weighted by Crippen LogP contribution is 2.38. The van der Waals surface area contributed by atoms with Crippen molar-refractivity contribution >= 4 is 104 Å². The van der Waals surface area contributed by atoms with Crippen LogP contribution in [0.3, 0.4) is 0 Å². The summed E-state index contributed by atoms with van der Waals surface area (Å²) in [5.74, 6) is -1.84. The van der Waals surface area contributed by atoms with Gasteiger partial charge < -0.3 is 54.3 Å². The van der Waals surface area contributed by atoms with Gasteiger partial charge in [0.1, 0.15) is 39.6 Å². The molecule has 5 N–H and O–H groups in total. The zero-order chi connectivity index (χ0) is 64.5. The number of Topliss-reactive ketones (excluding diaryl/α,β-unsaturated/α-hetero) is 1. The number of carboxylic acids is 2. The summed E-state index contributed by atoms with van der Waals surface area (Å²) < 4.78 is 35.5. The van der Waals surface area contributed by atoms with Crippen molar-refractivity contribution in [3.63, 3.8) is 0 Å². The van der Waals surface area contributed by atoms with Crippen LogP contribution in [0.25, 0.3) is 0 Å². The van der Waals surface area contributed by atoms with E-state index in [2.05, 4.69) is 15.5 Å². The number of hydrogen-bond acceptors (Lipinski definition) is 15. The Hall–Kier alpha value is -9.46. The Morgan fingerprint density at radius 2 is 0.522 bits per heavy atom. The summed E-state index contributed by atoms with van der Waals surface area (Å²) in [4.78, 5) is 35.0. The zero-order valence-electron chi connectivity index (χ0n) is 47.3. The van der Waals surface area contributed by atoms with E-state index in [9.17, 15) is 40.2 Å². The van der Waals surface area contributed by atoms with E-state index in [1.54, 1.807) is 115 Å². The molecule has 9 aromatic rings. The molecule has 0 aromatic heterocycles. The third kappa shape index (κ3) is 18.8. The van der Waals surface area contributed by atoms with Gasteiger partial charge in [-0.15, -0.1) is 0 Å². The van der Waals surface area contributed by atoms with Crippen molar-refractivity contribution in [3.05, 3.63) is 280 Å². The SMILES string of the molecule is CC(=O)C(=NO)c1cccc(OCc2ccccc2Cl)c1OCc1ccccc1Cl.O=C(O)/C(=N/O)c1cccc(OCc2ccccc2Cl)c1OCc1ccccc1Cl.O=C(O)/C(=N\O)c1cccc(OCc2ccccc2Cl)c1OCc1ccccc1Cl. The van der Waals surface area contributed by atoms with Gasteiger partial charge in [-0.3, -0.25) is 4.79 Å². The minimum atomic E-state index is -1.41. The maximum atomic E-state index is 12.0. The first-order valence-corrected chi connectivity index (χ1v) is 29.0. The second kappa shape index (κ2) is 34.3. The lowest BCUT2D eigenvalue weighted by Crippen LogP contribution is -2.16. The number of oxime groups is 3. The fourth-order valence-electron chi connectivity index (χ4n) is 8.24. The number of ether oxygens (including phenoxy) is 6. The lowest BCUT2D eigenvalue weighted by Gasteiger charge is -2.17. The van der Waals surface area contributed by atoms with Crippen molar-refractivity contribution in [3.8, 4) is 34.5 Å². The first kappa shape index (κ1) is 68.0. The number of hydrogen-bond donors (Lipinski definition) is 5. The van der Waals surface area contributed by atoms with Crippen molar-refractivity contribution < 1.29 is 68.6 Å². The van der Waals surface area contributed by atoms with Crippen LogP contribution in [0.4, 0.5) is 0 Å². The fraction of sp³-hybridized carbons (Fsp3) is 0.104. The highest BCUT2D eigenvalue weighted by molar-refractivity contribution is 6.46. The molecule has 0 heterocycles. The third-order valence-electron chi connectivity index (χ3n) is 12.8. The Morgan fingerprint density at radius 1 is 0.311 bits per heavy atom. The minimum absolute atomic E-state index is 0.0530. The van der Waals surface area contributed by atoms with Crippen LogP contribution in [0.5, 0.6) is 34.5 Å². The van der Waals surface area contributed by atoms with E-state index < -0.39 is 29.1 Å². The van der Waals surface area contributed by atoms with E-state index in [-0.39, 0.29) is 85.2 Å². The van der Waals surface area contributed by atoms with E-state index >= 15 is 0 Å². The molecule has 0 aliphatic carbocycles. The van der Waals surface area contributed by atoms with Gasteiger partial charge in [-0.1, -0.05) is 212 Å². The molecule has 0 fully saturated rings. The van der Waals surface area contributed by atoms with Crippen LogP contribution in [0.1, 0.15) is 57.0 Å². The van der Waals surface area contributed by atoms with E-state index in [1.807, 2.05) is 72.8 Å². The van der Waals surface area contributed by atoms with Gasteiger partial charge in [-0.2, -0.15) is 0 Å². The van der Waals surface area contributed by atoms with Crippen LogP contribution in [-0.2, 0) is 54.0 Å². The van der Waals surface area contributed by atoms with Gasteiger partial charge in [-0.05, 0) is 72.8 Å². The molecule has 0 spiro atoms. The van der Waals surface area contributed by atoms with Gasteiger partial charge in [0.25, 0.3) is 0 Å². The first-order chi connectivity index (χ1) is 43.5. The largest absolute Gasteiger partial charge is 0.485 e. The third-order valence-corrected chi connectivity index (χ3v) is 15.0. The maximum Gasteiger partial charge on any atom is 0.358 e. The van der Waals surface area contributed by atoms with Gasteiger partial charge in [0, 0.05) is 70.4 Å². The zero-order valence-corrected chi connectivity index (χ0v) is 51.9. The van der Waals surface area contributed by atoms with Crippen molar-refractivity contribution in [2.45, 2.75) is 46.6 Å². The van der Waals surface area contributed by atoms with Crippen molar-refractivity contribution in [2.24, 2.45) is 15.5 Å². The van der Waals surface area contributed by atoms with Crippen LogP contribution < -0.4 is 28.4 Å². The molecule has 0 amide bonds. The Labute approximate surface area is 546 Å². The fourth-order valence-corrected chi connectivity index (χ4v) is 9.38. The molecule has 0 aliphatic heterocycles. The minimum Gasteiger partial charge on any atom is -0.485 e. The summed E-state index contributed by atoms with van der Waals surface area (Å²) in [6.45, 7) is 2.00. The number of carbonyl (C=O) groups is 3. The number of halogens is 6. The molecule has 0 aliphatic rings. The highest BCUT2D eigenvalue weighted by atomic mass is 35.5. The number of nitrogens with zero attached hydrogens (tertiary/aromatic N) is 3. The summed E-state index contributed by atoms with van der Waals surface area (Å²) in [6.07, 6.45) is 0. The van der Waals surface area contributed by atoms with Crippen LogP contribution in [0.2, 0.25) is 30.1 Å². The Balaban J connectivity index is 0.000000192. The quantitative estimate of drug-likeness (QED) is 0.0215. The van der Waals surface area contributed by atoms with Crippen molar-refractivity contribution in [1.29, 1.82) is 0 Å². The molecule has 0 saturated heterocycles. The number of benzene rings is 9. The van der Waals surface area contributed by atoms with Gasteiger partial charge in [0.15, 0.2) is 57.4 Å². The predicted molar refractivity (Wildman–Crippen MR) is 345 cm³/mol. The highest BCUT2D eigenvalue weighted by Gasteiger charge is 2.25. The Bertz CT molecular complexity index is 3660. The van der Waals surface area contributed by atoms with E-state index in [1.165, 1.54) is 19.1 Å². The summed E-state index contributed by atoms with van der Waals surface area (Å²) in [5, 5.41) is 58.7. The van der Waals surface area contributed by atoms with Gasteiger partial charge in [0.2, 0.25) is 0 Å². The van der Waals surface area contributed by atoms with E-state index in [4.69, 9.17) is 98.0 Å². The lowest BCUT2D eigenvalue weighted by molar-refractivity contribution is -0.130. The number of carboxylic acid groups (broad SMARTS) is 2. The monoisotopic (exact) mass is 1330 g/mol. The van der Waals surface area contributed by atoms with Crippen molar-refractivity contribution in [2.75, 3.05) is 0 Å². The molecule has 9 rings (SSSR count). The van der Waals surface area contributed by atoms with Crippen molar-refractivity contribution in [1.82, 2.24) is 0 Å². The molecule has 17 nitrogen and oxygen atoms in total. The molecule has 0 atom stereocenters. The standard InChI is InChI=1S/C23H19Cl2NO4.2C22H17Cl2NO5/c1-15(27)22(26-28)18-9-6-12-21(29-13-16-7-2-4-10-19(16)24)23(18)30-14-17-8-3-5-11-20(17)25;2*23-17-9-3-1-6-14(17)12-29-19-11-5-8-16(20(25-28)22(26)27)21(19)30-13-15-7-2-4-10-18(15)24/h2-12,28H,13-14H2,1H3;2*1-11,28H,12-13H2,(H,26,27)/b;25-20+;25-20-. The summed E-state index contributed by atoms with van der Waals surface area (Å²) >= 11 is 37.2. The number of rotatable bonds is 24. The van der Waals surface area contributed by atoms with Gasteiger partial charge >= 0.3 is 11.9 Å². The summed E-state index contributed by atoms with van der Waals surface area (Å²) in [6, 6.07) is 57.5. The lowest BCUT2D eigenvalue weighted by atomic mass is 10.1. The second-order valence-corrected chi connectivity index (χ2v) is 21.1. The molecule has 0 unspecified atom stereocenters. The molecular weight excluding hydrogens is 1280 g/mol. The summed E-state index contributed by atoms with van der Waals surface area (Å²) in [7, 11) is 0. The molecule has 90 heavy (non-hydrogen) atoms. The van der Waals surface area contributed by atoms with Crippen LogP contribution in [0, 0.1) is 0 Å². The molecule has 23 heteroatoms. The predicted octanol–water partition coefficient (Wildman–Crippen LogP) is 16.7. The second-order valence-electron chi connectivity index (χ2n) is 18.7. The molecule has 0 radical (unpaired) electrons. The van der Waals surface area contributed by atoms with Crippen LogP contribution >= 0.6 is 69.6 Å². The molecule has 0 saturated carbocycles. The first-order valence-electron chi connectivity index (χ1n) is 26.7. The Kier molecular flexibility index (Phi) is 26.0. The van der Waals surface area contributed by atoms with Gasteiger partial charge in [-0.25, -0.2) is 9.59 Å². The normalized spacial score (nSPS) is 11.2. The molecular formula is C67H53Cl6N3O14. The average molecular weight is 1340 g/mol. The topological polar surface area (TPSA) is 245 Å². The number of ketones is 1. The Morgan fingerprint density at radius 3 is 0.722 bits per heavy atom. The summed E-state index contributed by atoms with van der Waals surface area (Å²) in [5.41, 5.74) is 3.60. The molecule has 0 bridgehead atoms. The number of para-hydroxylation sites is 3. The van der Waals surface area contributed by atoms with E-state index in [0.717, 1.165) is 22.3 Å². The molecule has 9 aromatic carbocycles. The number of carbonyl (C=O) groups excluding carboxylic acids is 1.